The lowest BCUT2D eigenvalue weighted by Crippen LogP contribution is -2.19. The van der Waals surface area contributed by atoms with Gasteiger partial charge in [-0.1, -0.05) is 12.1 Å². The molecule has 3 rings (SSSR count). The highest BCUT2D eigenvalue weighted by atomic mass is 19.1. The number of anilines is 2. The SMILES string of the molecule is CNc1nc(N(C)Cc2cccc(F)c2)c2cn[nH]c2n1. The van der Waals surface area contributed by atoms with Crippen LogP contribution < -0.4 is 10.2 Å². The molecule has 2 aromatic heterocycles. The second-order valence-electron chi connectivity index (χ2n) is 4.74. The first-order chi connectivity index (χ1) is 10.2. The molecule has 0 spiro atoms. The van der Waals surface area contributed by atoms with Crippen LogP contribution in [0.4, 0.5) is 16.2 Å². The summed E-state index contributed by atoms with van der Waals surface area (Å²) in [6.07, 6.45) is 1.69. The van der Waals surface area contributed by atoms with E-state index in [1.807, 2.05) is 18.0 Å². The van der Waals surface area contributed by atoms with Crippen molar-refractivity contribution < 1.29 is 4.39 Å². The van der Waals surface area contributed by atoms with Crippen LogP contribution in [0.1, 0.15) is 5.56 Å². The van der Waals surface area contributed by atoms with Crippen molar-refractivity contribution in [3.63, 3.8) is 0 Å². The molecule has 0 unspecified atom stereocenters. The number of fused-ring (bicyclic) bond motifs is 1. The molecule has 0 fully saturated rings. The fourth-order valence-corrected chi connectivity index (χ4v) is 2.21. The van der Waals surface area contributed by atoms with Crippen LogP contribution in [0.25, 0.3) is 11.0 Å². The minimum Gasteiger partial charge on any atom is -0.357 e. The fraction of sp³-hybridized carbons (Fsp3) is 0.214. The lowest BCUT2D eigenvalue weighted by atomic mass is 10.2. The van der Waals surface area contributed by atoms with Crippen LogP contribution in [0.2, 0.25) is 0 Å². The number of benzene rings is 1. The van der Waals surface area contributed by atoms with E-state index in [1.165, 1.54) is 12.1 Å². The van der Waals surface area contributed by atoms with Crippen LogP contribution in [0, 0.1) is 5.82 Å². The first kappa shape index (κ1) is 13.3. The summed E-state index contributed by atoms with van der Waals surface area (Å²) in [5.41, 5.74) is 1.54. The first-order valence-electron chi connectivity index (χ1n) is 6.52. The number of nitrogens with one attached hydrogen (secondary N) is 2. The number of rotatable bonds is 4. The number of aromatic nitrogens is 4. The summed E-state index contributed by atoms with van der Waals surface area (Å²) in [7, 11) is 3.66. The Morgan fingerprint density at radius 1 is 1.33 bits per heavy atom. The zero-order chi connectivity index (χ0) is 14.8. The molecule has 3 aromatic rings. The second kappa shape index (κ2) is 5.35. The quantitative estimate of drug-likeness (QED) is 0.769. The van der Waals surface area contributed by atoms with Crippen molar-refractivity contribution in [2.24, 2.45) is 0 Å². The van der Waals surface area contributed by atoms with E-state index in [0.29, 0.717) is 18.1 Å². The number of nitrogens with zero attached hydrogens (tertiary/aromatic N) is 4. The van der Waals surface area contributed by atoms with Gasteiger partial charge < -0.3 is 10.2 Å². The van der Waals surface area contributed by atoms with Crippen LogP contribution >= 0.6 is 0 Å². The molecule has 0 atom stereocenters. The maximum absolute atomic E-state index is 13.3. The molecule has 21 heavy (non-hydrogen) atoms. The molecule has 2 heterocycles. The summed E-state index contributed by atoms with van der Waals surface area (Å²) < 4.78 is 13.3. The summed E-state index contributed by atoms with van der Waals surface area (Å²) in [6, 6.07) is 6.53. The molecule has 0 aliphatic rings. The molecular weight excluding hydrogens is 271 g/mol. The Kier molecular flexibility index (Phi) is 3.39. The third-order valence-electron chi connectivity index (χ3n) is 3.18. The third kappa shape index (κ3) is 2.62. The van der Waals surface area contributed by atoms with Crippen LogP contribution in [0.3, 0.4) is 0 Å². The van der Waals surface area contributed by atoms with E-state index < -0.39 is 0 Å². The summed E-state index contributed by atoms with van der Waals surface area (Å²) in [6.45, 7) is 0.540. The van der Waals surface area contributed by atoms with E-state index in [4.69, 9.17) is 0 Å². The van der Waals surface area contributed by atoms with Gasteiger partial charge in [-0.3, -0.25) is 5.10 Å². The van der Waals surface area contributed by atoms with Crippen LogP contribution in [-0.4, -0.2) is 34.3 Å². The number of hydrogen-bond acceptors (Lipinski definition) is 5. The molecule has 7 heteroatoms. The van der Waals surface area contributed by atoms with Gasteiger partial charge in [-0.15, -0.1) is 0 Å². The topological polar surface area (TPSA) is 69.7 Å². The van der Waals surface area contributed by atoms with Crippen molar-refractivity contribution in [3.05, 3.63) is 41.8 Å². The number of halogens is 1. The normalized spacial score (nSPS) is 10.8. The minimum absolute atomic E-state index is 0.243. The fourth-order valence-electron chi connectivity index (χ4n) is 2.21. The minimum atomic E-state index is -0.243. The van der Waals surface area contributed by atoms with Gasteiger partial charge in [0.15, 0.2) is 5.65 Å². The molecular formula is C14H15FN6. The van der Waals surface area contributed by atoms with E-state index in [-0.39, 0.29) is 5.82 Å². The van der Waals surface area contributed by atoms with Gasteiger partial charge in [0.2, 0.25) is 5.95 Å². The molecule has 0 bridgehead atoms. The van der Waals surface area contributed by atoms with Crippen molar-refractivity contribution >= 4 is 22.8 Å². The highest BCUT2D eigenvalue weighted by Crippen LogP contribution is 2.24. The lowest BCUT2D eigenvalue weighted by Gasteiger charge is -2.19. The largest absolute Gasteiger partial charge is 0.357 e. The predicted molar refractivity (Wildman–Crippen MR) is 79.7 cm³/mol. The van der Waals surface area contributed by atoms with Gasteiger partial charge in [-0.2, -0.15) is 15.1 Å². The van der Waals surface area contributed by atoms with E-state index >= 15 is 0 Å². The van der Waals surface area contributed by atoms with Crippen molar-refractivity contribution in [1.29, 1.82) is 0 Å². The maximum Gasteiger partial charge on any atom is 0.226 e. The summed E-state index contributed by atoms with van der Waals surface area (Å²) >= 11 is 0. The van der Waals surface area contributed by atoms with Crippen molar-refractivity contribution in [2.45, 2.75) is 6.54 Å². The van der Waals surface area contributed by atoms with Gasteiger partial charge >= 0.3 is 0 Å². The van der Waals surface area contributed by atoms with Crippen LogP contribution in [0.5, 0.6) is 0 Å². The Bertz CT molecular complexity index is 769. The van der Waals surface area contributed by atoms with Gasteiger partial charge in [0.1, 0.15) is 11.6 Å². The van der Waals surface area contributed by atoms with Crippen molar-refractivity contribution in [3.8, 4) is 0 Å². The standard InChI is InChI=1S/C14H15FN6/c1-16-14-18-12-11(7-17-20-12)13(19-14)21(2)8-9-4-3-5-10(15)6-9/h3-7H,8H2,1-2H3,(H2,16,17,18,19,20). The molecule has 6 nitrogen and oxygen atoms in total. The zero-order valence-electron chi connectivity index (χ0n) is 11.8. The molecule has 0 amide bonds. The van der Waals surface area contributed by atoms with Gasteiger partial charge in [0, 0.05) is 20.6 Å². The Hall–Kier alpha value is -2.70. The molecule has 108 valence electrons. The highest BCUT2D eigenvalue weighted by molar-refractivity contribution is 5.87. The maximum atomic E-state index is 13.3. The summed E-state index contributed by atoms with van der Waals surface area (Å²) in [4.78, 5) is 10.7. The number of aromatic amines is 1. The average Bonchev–Trinajstić information content (AvgIpc) is 2.94. The summed E-state index contributed by atoms with van der Waals surface area (Å²) in [5, 5.41) is 10.6. The third-order valence-corrected chi connectivity index (χ3v) is 3.18. The lowest BCUT2D eigenvalue weighted by molar-refractivity contribution is 0.625. The number of H-pyrrole nitrogens is 1. The Labute approximate surface area is 121 Å². The monoisotopic (exact) mass is 286 g/mol. The van der Waals surface area contributed by atoms with Crippen molar-refractivity contribution in [1.82, 2.24) is 20.2 Å². The second-order valence-corrected chi connectivity index (χ2v) is 4.74. The molecule has 0 saturated carbocycles. The van der Waals surface area contributed by atoms with E-state index in [9.17, 15) is 4.39 Å². The van der Waals surface area contributed by atoms with E-state index in [1.54, 1.807) is 19.3 Å². The predicted octanol–water partition coefficient (Wildman–Crippen LogP) is 2.17. The van der Waals surface area contributed by atoms with Crippen molar-refractivity contribution in [2.75, 3.05) is 24.3 Å². The first-order valence-corrected chi connectivity index (χ1v) is 6.52. The van der Waals surface area contributed by atoms with Gasteiger partial charge in [0.05, 0.1) is 11.6 Å². The van der Waals surface area contributed by atoms with Crippen LogP contribution in [0.15, 0.2) is 30.5 Å². The Balaban J connectivity index is 1.97. The molecule has 0 saturated heterocycles. The average molecular weight is 286 g/mol. The smallest absolute Gasteiger partial charge is 0.226 e. The van der Waals surface area contributed by atoms with E-state index in [2.05, 4.69) is 25.5 Å². The molecule has 0 aliphatic carbocycles. The molecule has 0 radical (unpaired) electrons. The van der Waals surface area contributed by atoms with Gasteiger partial charge in [-0.05, 0) is 17.7 Å². The Morgan fingerprint density at radius 3 is 2.95 bits per heavy atom. The number of hydrogen-bond donors (Lipinski definition) is 2. The summed E-state index contributed by atoms with van der Waals surface area (Å²) in [5.74, 6) is 1.00. The molecule has 1 aromatic carbocycles. The van der Waals surface area contributed by atoms with Gasteiger partial charge in [0.25, 0.3) is 0 Å². The highest BCUT2D eigenvalue weighted by Gasteiger charge is 2.13. The van der Waals surface area contributed by atoms with Gasteiger partial charge in [-0.25, -0.2) is 4.39 Å². The molecule has 0 aliphatic heterocycles. The zero-order valence-corrected chi connectivity index (χ0v) is 11.8. The van der Waals surface area contributed by atoms with Crippen LogP contribution in [-0.2, 0) is 6.54 Å². The molecule has 2 N–H and O–H groups in total. The Morgan fingerprint density at radius 2 is 2.19 bits per heavy atom. The van der Waals surface area contributed by atoms with E-state index in [0.717, 1.165) is 16.8 Å².